The summed E-state index contributed by atoms with van der Waals surface area (Å²) in [6.45, 7) is 6.25. The first-order valence-corrected chi connectivity index (χ1v) is 7.57. The van der Waals surface area contributed by atoms with Crippen LogP contribution in [0.15, 0.2) is 24.7 Å². The maximum Gasteiger partial charge on any atom is 0.329 e. The highest BCUT2D eigenvalue weighted by Crippen LogP contribution is 2.47. The smallest absolute Gasteiger partial charge is 0.329 e. The molecule has 0 aromatic carbocycles. The number of amides is 1. The lowest BCUT2D eigenvalue weighted by atomic mass is 9.59. The quantitative estimate of drug-likeness (QED) is 0.899. The lowest BCUT2D eigenvalue weighted by Crippen LogP contribution is -2.64. The second-order valence-electron chi connectivity index (χ2n) is 7.27. The van der Waals surface area contributed by atoms with Crippen LogP contribution in [0, 0.1) is 11.3 Å². The van der Waals surface area contributed by atoms with Crippen molar-refractivity contribution in [2.45, 2.75) is 39.2 Å². The van der Waals surface area contributed by atoms with E-state index in [9.17, 15) is 14.7 Å². The zero-order valence-electron chi connectivity index (χ0n) is 13.4. The molecule has 0 aliphatic heterocycles. The van der Waals surface area contributed by atoms with Crippen LogP contribution in [-0.4, -0.2) is 36.9 Å². The van der Waals surface area contributed by atoms with Crippen LogP contribution in [0.1, 0.15) is 44.1 Å². The minimum Gasteiger partial charge on any atom is -0.480 e. The molecule has 0 spiro atoms. The van der Waals surface area contributed by atoms with Gasteiger partial charge in [0, 0.05) is 18.6 Å². The predicted molar refractivity (Wildman–Crippen MR) is 83.0 cm³/mol. The van der Waals surface area contributed by atoms with Crippen molar-refractivity contribution < 1.29 is 14.7 Å². The van der Waals surface area contributed by atoms with E-state index in [2.05, 4.69) is 36.1 Å². The van der Waals surface area contributed by atoms with E-state index in [0.29, 0.717) is 18.6 Å². The van der Waals surface area contributed by atoms with Crippen LogP contribution in [0.3, 0.4) is 0 Å². The molecule has 7 heteroatoms. The predicted octanol–water partition coefficient (Wildman–Crippen LogP) is 1.74. The van der Waals surface area contributed by atoms with Gasteiger partial charge >= 0.3 is 5.97 Å². The first-order chi connectivity index (χ1) is 10.7. The van der Waals surface area contributed by atoms with Crippen LogP contribution >= 0.6 is 0 Å². The summed E-state index contributed by atoms with van der Waals surface area (Å²) in [5.41, 5.74) is -1.00. The van der Waals surface area contributed by atoms with Crippen molar-refractivity contribution in [3.8, 4) is 0 Å². The van der Waals surface area contributed by atoms with E-state index >= 15 is 0 Å². The molecule has 1 fully saturated rings. The summed E-state index contributed by atoms with van der Waals surface area (Å²) >= 11 is 0. The number of carbonyl (C=O) groups excluding carboxylic acids is 1. The standard InChI is InChI=1S/C16H20N4O3/c1-15(2,3)10-7-16(8-10,13(22)23)19-12(21)11-9-20-6-4-5-17-14(20)18-11/h4-6,9-10H,7-8H2,1-3H3,(H,19,21)(H,22,23). The molecule has 3 rings (SSSR count). The molecule has 2 N–H and O–H groups in total. The van der Waals surface area contributed by atoms with Gasteiger partial charge in [0.1, 0.15) is 11.2 Å². The number of imidazole rings is 1. The number of aliphatic carboxylic acids is 1. The van der Waals surface area contributed by atoms with Crippen LogP contribution in [0.4, 0.5) is 0 Å². The summed E-state index contributed by atoms with van der Waals surface area (Å²) in [6.07, 6.45) is 5.74. The Balaban J connectivity index is 1.79. The van der Waals surface area contributed by atoms with Gasteiger partial charge in [0.2, 0.25) is 5.78 Å². The molecule has 23 heavy (non-hydrogen) atoms. The molecule has 0 atom stereocenters. The molecule has 1 amide bonds. The van der Waals surface area contributed by atoms with Crippen molar-refractivity contribution >= 4 is 17.7 Å². The second kappa shape index (κ2) is 5.04. The highest BCUT2D eigenvalue weighted by molar-refractivity contribution is 5.97. The molecule has 1 aliphatic rings. The van der Waals surface area contributed by atoms with E-state index in [1.807, 2.05) is 0 Å². The third-order valence-electron chi connectivity index (χ3n) is 4.64. The summed E-state index contributed by atoms with van der Waals surface area (Å²) in [4.78, 5) is 32.2. The molecular formula is C16H20N4O3. The van der Waals surface area contributed by atoms with Gasteiger partial charge in [-0.05, 0) is 30.2 Å². The first-order valence-electron chi connectivity index (χ1n) is 7.57. The Kier molecular flexibility index (Phi) is 3.39. The van der Waals surface area contributed by atoms with Crippen LogP contribution in [-0.2, 0) is 4.79 Å². The average molecular weight is 316 g/mol. The number of rotatable bonds is 3. The lowest BCUT2D eigenvalue weighted by Gasteiger charge is -2.50. The Morgan fingerprint density at radius 3 is 2.65 bits per heavy atom. The zero-order valence-corrected chi connectivity index (χ0v) is 13.4. The molecule has 2 aromatic rings. The van der Waals surface area contributed by atoms with Crippen molar-refractivity contribution in [2.75, 3.05) is 0 Å². The maximum atomic E-state index is 12.4. The molecule has 1 aliphatic carbocycles. The largest absolute Gasteiger partial charge is 0.480 e. The van der Waals surface area contributed by atoms with Gasteiger partial charge in [-0.15, -0.1) is 0 Å². The Labute approximate surface area is 133 Å². The summed E-state index contributed by atoms with van der Waals surface area (Å²) in [5, 5.41) is 12.2. The third-order valence-corrected chi connectivity index (χ3v) is 4.64. The first kappa shape index (κ1) is 15.5. The van der Waals surface area contributed by atoms with Crippen LogP contribution in [0.5, 0.6) is 0 Å². The Bertz CT molecular complexity index is 736. The third kappa shape index (κ3) is 2.67. The highest BCUT2D eigenvalue weighted by atomic mass is 16.4. The molecule has 122 valence electrons. The molecule has 0 unspecified atom stereocenters. The summed E-state index contributed by atoms with van der Waals surface area (Å²) < 4.78 is 1.63. The number of nitrogens with zero attached hydrogens (tertiary/aromatic N) is 3. The molecule has 1 saturated carbocycles. The fourth-order valence-corrected chi connectivity index (χ4v) is 2.94. The van der Waals surface area contributed by atoms with E-state index in [1.54, 1.807) is 29.1 Å². The van der Waals surface area contributed by atoms with Gasteiger partial charge in [-0.3, -0.25) is 9.20 Å². The van der Waals surface area contributed by atoms with E-state index in [1.165, 1.54) is 0 Å². The zero-order chi connectivity index (χ0) is 16.8. The highest BCUT2D eigenvalue weighted by Gasteiger charge is 2.54. The van der Waals surface area contributed by atoms with Crippen molar-refractivity contribution in [3.63, 3.8) is 0 Å². The SMILES string of the molecule is CC(C)(C)C1CC(NC(=O)c2cn3cccnc3n2)(C(=O)O)C1. The van der Waals surface area contributed by atoms with Gasteiger partial charge < -0.3 is 10.4 Å². The summed E-state index contributed by atoms with van der Waals surface area (Å²) in [6, 6.07) is 1.73. The molecule has 0 bridgehead atoms. The molecule has 0 radical (unpaired) electrons. The van der Waals surface area contributed by atoms with Crippen molar-refractivity contribution in [1.29, 1.82) is 0 Å². The molecule has 7 nitrogen and oxygen atoms in total. The molecule has 2 aromatic heterocycles. The van der Waals surface area contributed by atoms with Crippen LogP contribution in [0.2, 0.25) is 0 Å². The Hall–Kier alpha value is -2.44. The van der Waals surface area contributed by atoms with E-state index in [4.69, 9.17) is 0 Å². The monoisotopic (exact) mass is 316 g/mol. The number of carboxylic acids is 1. The topological polar surface area (TPSA) is 96.6 Å². The Morgan fingerprint density at radius 2 is 2.09 bits per heavy atom. The number of carbonyl (C=O) groups is 2. The lowest BCUT2D eigenvalue weighted by molar-refractivity contribution is -0.153. The summed E-state index contributed by atoms with van der Waals surface area (Å²) in [5.74, 6) is -0.802. The van der Waals surface area contributed by atoms with E-state index in [-0.39, 0.29) is 17.0 Å². The van der Waals surface area contributed by atoms with Crippen molar-refractivity contribution in [2.24, 2.45) is 11.3 Å². The minimum absolute atomic E-state index is 0.0245. The Morgan fingerprint density at radius 1 is 1.39 bits per heavy atom. The molecule has 0 saturated heterocycles. The van der Waals surface area contributed by atoms with Crippen molar-refractivity contribution in [1.82, 2.24) is 19.7 Å². The van der Waals surface area contributed by atoms with Gasteiger partial charge in [-0.25, -0.2) is 14.8 Å². The second-order valence-corrected chi connectivity index (χ2v) is 7.27. The van der Waals surface area contributed by atoms with E-state index in [0.717, 1.165) is 0 Å². The van der Waals surface area contributed by atoms with Crippen molar-refractivity contribution in [3.05, 3.63) is 30.4 Å². The number of hydrogen-bond acceptors (Lipinski definition) is 4. The minimum atomic E-state index is -1.20. The van der Waals surface area contributed by atoms with Gasteiger partial charge in [0.25, 0.3) is 5.91 Å². The fourth-order valence-electron chi connectivity index (χ4n) is 2.94. The van der Waals surface area contributed by atoms with Gasteiger partial charge in [0.05, 0.1) is 0 Å². The summed E-state index contributed by atoms with van der Waals surface area (Å²) in [7, 11) is 0. The average Bonchev–Trinajstić information content (AvgIpc) is 2.84. The number of hydrogen-bond donors (Lipinski definition) is 2. The number of fused-ring (bicyclic) bond motifs is 1. The van der Waals surface area contributed by atoms with Gasteiger partial charge in [-0.1, -0.05) is 20.8 Å². The molecular weight excluding hydrogens is 296 g/mol. The van der Waals surface area contributed by atoms with Gasteiger partial charge in [0.15, 0.2) is 0 Å². The van der Waals surface area contributed by atoms with E-state index < -0.39 is 17.4 Å². The fraction of sp³-hybridized carbons (Fsp3) is 0.500. The van der Waals surface area contributed by atoms with Gasteiger partial charge in [-0.2, -0.15) is 0 Å². The van der Waals surface area contributed by atoms with Crippen LogP contribution in [0.25, 0.3) is 5.78 Å². The number of aromatic nitrogens is 3. The number of nitrogens with one attached hydrogen (secondary N) is 1. The molecule has 2 heterocycles. The van der Waals surface area contributed by atoms with Crippen LogP contribution < -0.4 is 5.32 Å². The number of carboxylic acid groups (broad SMARTS) is 1. The maximum absolute atomic E-state index is 12.4. The normalized spacial score (nSPS) is 24.2.